The highest BCUT2D eigenvalue weighted by Crippen LogP contribution is 2.39. The molecule has 0 atom stereocenters. The van der Waals surface area contributed by atoms with Crippen LogP contribution in [0.4, 0.5) is 0 Å². The average Bonchev–Trinajstić information content (AvgIpc) is 2.61. The van der Waals surface area contributed by atoms with Crippen LogP contribution in [-0.4, -0.2) is 19.2 Å². The largest absolute Gasteiger partial charge is 0.493 e. The van der Waals surface area contributed by atoms with Gasteiger partial charge in [-0.1, -0.05) is 25.1 Å². The summed E-state index contributed by atoms with van der Waals surface area (Å²) >= 11 is 0. The van der Waals surface area contributed by atoms with Gasteiger partial charge in [0.15, 0.2) is 11.5 Å². The number of benzene rings is 2. The molecule has 0 fully saturated rings. The summed E-state index contributed by atoms with van der Waals surface area (Å²) in [5.41, 5.74) is 6.73. The smallest absolute Gasteiger partial charge is 0.170 e. The van der Waals surface area contributed by atoms with Gasteiger partial charge in [0.1, 0.15) is 0 Å². The third-order valence-electron chi connectivity index (χ3n) is 4.65. The summed E-state index contributed by atoms with van der Waals surface area (Å²) in [7, 11) is 3.36. The second kappa shape index (κ2) is 6.52. The van der Waals surface area contributed by atoms with Crippen LogP contribution < -0.4 is 9.47 Å². The van der Waals surface area contributed by atoms with Crippen LogP contribution in [-0.2, 0) is 6.42 Å². The molecular formula is C21H23NO2. The Labute approximate surface area is 143 Å². The Morgan fingerprint density at radius 1 is 0.958 bits per heavy atom. The van der Waals surface area contributed by atoms with Crippen LogP contribution in [0.15, 0.2) is 36.4 Å². The summed E-state index contributed by atoms with van der Waals surface area (Å²) in [5, 5.41) is 0.973. The zero-order valence-corrected chi connectivity index (χ0v) is 14.9. The van der Waals surface area contributed by atoms with Crippen molar-refractivity contribution in [2.45, 2.75) is 27.2 Å². The fourth-order valence-electron chi connectivity index (χ4n) is 3.14. The standard InChI is InChI=1S/C21H23NO2/c1-6-15-12-19-17(21(24-5)20(15)23-4)10-11-18(22-19)16-9-7-8-13(2)14(16)3/h7-12H,6H2,1-5H3. The number of ether oxygens (including phenoxy) is 2. The molecule has 3 aromatic rings. The van der Waals surface area contributed by atoms with E-state index in [4.69, 9.17) is 14.5 Å². The molecule has 0 saturated heterocycles. The van der Waals surface area contributed by atoms with E-state index in [1.54, 1.807) is 14.2 Å². The topological polar surface area (TPSA) is 31.4 Å². The van der Waals surface area contributed by atoms with Crippen LogP contribution in [0.25, 0.3) is 22.2 Å². The first-order valence-electron chi connectivity index (χ1n) is 8.21. The lowest BCUT2D eigenvalue weighted by Gasteiger charge is -2.15. The Bertz CT molecular complexity index is 900. The predicted octanol–water partition coefficient (Wildman–Crippen LogP) is 5.10. The molecule has 0 N–H and O–H groups in total. The molecule has 0 aliphatic heterocycles. The molecule has 0 bridgehead atoms. The molecule has 2 aromatic carbocycles. The number of hydrogen-bond donors (Lipinski definition) is 0. The van der Waals surface area contributed by atoms with Gasteiger partial charge < -0.3 is 9.47 Å². The van der Waals surface area contributed by atoms with Gasteiger partial charge in [0.05, 0.1) is 25.4 Å². The van der Waals surface area contributed by atoms with Gasteiger partial charge in [0.25, 0.3) is 0 Å². The van der Waals surface area contributed by atoms with E-state index in [0.29, 0.717) is 0 Å². The van der Waals surface area contributed by atoms with Crippen molar-refractivity contribution in [2.24, 2.45) is 0 Å². The molecule has 0 spiro atoms. The summed E-state index contributed by atoms with van der Waals surface area (Å²) < 4.78 is 11.2. The van der Waals surface area contributed by atoms with Crippen molar-refractivity contribution in [3.63, 3.8) is 0 Å². The van der Waals surface area contributed by atoms with E-state index in [1.807, 2.05) is 0 Å². The first-order valence-corrected chi connectivity index (χ1v) is 8.21. The lowest BCUT2D eigenvalue weighted by molar-refractivity contribution is 0.355. The number of aromatic nitrogens is 1. The number of hydrogen-bond acceptors (Lipinski definition) is 3. The summed E-state index contributed by atoms with van der Waals surface area (Å²) in [4.78, 5) is 4.90. The van der Waals surface area contributed by atoms with Gasteiger partial charge in [0.2, 0.25) is 0 Å². The van der Waals surface area contributed by atoms with Gasteiger partial charge in [0, 0.05) is 10.9 Å². The molecule has 1 heterocycles. The fraction of sp³-hybridized carbons (Fsp3) is 0.286. The normalized spacial score (nSPS) is 10.9. The Morgan fingerprint density at radius 3 is 2.38 bits per heavy atom. The molecule has 24 heavy (non-hydrogen) atoms. The number of pyridine rings is 1. The van der Waals surface area contributed by atoms with E-state index in [2.05, 4.69) is 57.2 Å². The number of fused-ring (bicyclic) bond motifs is 1. The lowest BCUT2D eigenvalue weighted by Crippen LogP contribution is -1.98. The van der Waals surface area contributed by atoms with Crippen molar-refractivity contribution in [3.05, 3.63) is 53.1 Å². The van der Waals surface area contributed by atoms with Crippen LogP contribution >= 0.6 is 0 Å². The Hall–Kier alpha value is -2.55. The maximum absolute atomic E-state index is 5.62. The minimum absolute atomic E-state index is 0.756. The lowest BCUT2D eigenvalue weighted by atomic mass is 9.99. The molecule has 0 amide bonds. The van der Waals surface area contributed by atoms with Crippen molar-refractivity contribution in [1.29, 1.82) is 0 Å². The second-order valence-electron chi connectivity index (χ2n) is 5.97. The first-order chi connectivity index (χ1) is 11.6. The summed E-state index contributed by atoms with van der Waals surface area (Å²) in [6.07, 6.45) is 0.866. The minimum Gasteiger partial charge on any atom is -0.493 e. The van der Waals surface area contributed by atoms with Gasteiger partial charge in [-0.2, -0.15) is 0 Å². The average molecular weight is 321 g/mol. The maximum atomic E-state index is 5.62. The second-order valence-corrected chi connectivity index (χ2v) is 5.97. The van der Waals surface area contributed by atoms with Crippen molar-refractivity contribution < 1.29 is 9.47 Å². The molecule has 1 aromatic heterocycles. The van der Waals surface area contributed by atoms with E-state index in [-0.39, 0.29) is 0 Å². The van der Waals surface area contributed by atoms with Crippen molar-refractivity contribution >= 4 is 10.9 Å². The molecule has 0 aliphatic carbocycles. The fourth-order valence-corrected chi connectivity index (χ4v) is 3.14. The van der Waals surface area contributed by atoms with E-state index < -0.39 is 0 Å². The molecule has 3 rings (SSSR count). The molecule has 3 nitrogen and oxygen atoms in total. The molecular weight excluding hydrogens is 298 g/mol. The van der Waals surface area contributed by atoms with Crippen LogP contribution in [0, 0.1) is 13.8 Å². The van der Waals surface area contributed by atoms with Gasteiger partial charge >= 0.3 is 0 Å². The van der Waals surface area contributed by atoms with Crippen molar-refractivity contribution in [1.82, 2.24) is 4.98 Å². The molecule has 0 saturated carbocycles. The predicted molar refractivity (Wildman–Crippen MR) is 99.1 cm³/mol. The van der Waals surface area contributed by atoms with Gasteiger partial charge in [-0.05, 0) is 55.2 Å². The Kier molecular flexibility index (Phi) is 4.43. The SMILES string of the molecule is CCc1cc2nc(-c3cccc(C)c3C)ccc2c(OC)c1OC. The number of aryl methyl sites for hydroxylation is 2. The molecule has 124 valence electrons. The van der Waals surface area contributed by atoms with Crippen molar-refractivity contribution in [3.8, 4) is 22.8 Å². The molecule has 3 heteroatoms. The summed E-state index contributed by atoms with van der Waals surface area (Å²) in [6, 6.07) is 12.6. The highest BCUT2D eigenvalue weighted by molar-refractivity contribution is 5.91. The zero-order valence-electron chi connectivity index (χ0n) is 14.9. The van der Waals surface area contributed by atoms with E-state index >= 15 is 0 Å². The van der Waals surface area contributed by atoms with E-state index in [1.165, 1.54) is 16.7 Å². The quantitative estimate of drug-likeness (QED) is 0.670. The van der Waals surface area contributed by atoms with Gasteiger partial charge in [-0.25, -0.2) is 4.98 Å². The Balaban J connectivity index is 2.27. The van der Waals surface area contributed by atoms with Crippen LogP contribution in [0.5, 0.6) is 11.5 Å². The van der Waals surface area contributed by atoms with Crippen LogP contribution in [0.2, 0.25) is 0 Å². The zero-order chi connectivity index (χ0) is 17.3. The van der Waals surface area contributed by atoms with E-state index in [0.717, 1.165) is 40.1 Å². The van der Waals surface area contributed by atoms with Crippen LogP contribution in [0.1, 0.15) is 23.6 Å². The minimum atomic E-state index is 0.756. The van der Waals surface area contributed by atoms with Gasteiger partial charge in [-0.3, -0.25) is 0 Å². The highest BCUT2D eigenvalue weighted by Gasteiger charge is 2.16. The molecule has 0 unspecified atom stereocenters. The Morgan fingerprint density at radius 2 is 1.71 bits per heavy atom. The highest BCUT2D eigenvalue weighted by atomic mass is 16.5. The maximum Gasteiger partial charge on any atom is 0.170 e. The van der Waals surface area contributed by atoms with Crippen molar-refractivity contribution in [2.75, 3.05) is 14.2 Å². The molecule has 0 radical (unpaired) electrons. The summed E-state index contributed by atoms with van der Waals surface area (Å²) in [6.45, 7) is 6.38. The van der Waals surface area contributed by atoms with Crippen LogP contribution in [0.3, 0.4) is 0 Å². The monoisotopic (exact) mass is 321 g/mol. The number of methoxy groups -OCH3 is 2. The summed E-state index contributed by atoms with van der Waals surface area (Å²) in [5.74, 6) is 1.56. The molecule has 0 aliphatic rings. The number of rotatable bonds is 4. The third-order valence-corrected chi connectivity index (χ3v) is 4.65. The number of nitrogens with zero attached hydrogens (tertiary/aromatic N) is 1. The third kappa shape index (κ3) is 2.60. The van der Waals surface area contributed by atoms with E-state index in [9.17, 15) is 0 Å². The van der Waals surface area contributed by atoms with Gasteiger partial charge in [-0.15, -0.1) is 0 Å². The first kappa shape index (κ1) is 16.3.